The van der Waals surface area contributed by atoms with Crippen LogP contribution in [0.4, 0.5) is 0 Å². The van der Waals surface area contributed by atoms with E-state index in [2.05, 4.69) is 5.10 Å². The third kappa shape index (κ3) is 2.91. The number of benzene rings is 1. The Balaban J connectivity index is 2.22. The van der Waals surface area contributed by atoms with Crippen molar-refractivity contribution in [3.63, 3.8) is 0 Å². The zero-order valence-corrected chi connectivity index (χ0v) is 13.2. The number of nitrogens with zero attached hydrogens (tertiary/aromatic N) is 3. The number of amides is 1. The van der Waals surface area contributed by atoms with E-state index in [1.807, 2.05) is 43.8 Å². The van der Waals surface area contributed by atoms with E-state index < -0.39 is 0 Å². The molecule has 0 spiro atoms. The lowest BCUT2D eigenvalue weighted by molar-refractivity contribution is 0.0783. The van der Waals surface area contributed by atoms with Crippen molar-refractivity contribution < 1.29 is 9.53 Å². The van der Waals surface area contributed by atoms with Gasteiger partial charge in [-0.1, -0.05) is 6.07 Å². The highest BCUT2D eigenvalue weighted by atomic mass is 16.5. The quantitative estimate of drug-likeness (QED) is 0.867. The van der Waals surface area contributed by atoms with Crippen molar-refractivity contribution >= 4 is 5.91 Å². The van der Waals surface area contributed by atoms with Gasteiger partial charge in [-0.05, 0) is 26.0 Å². The van der Waals surface area contributed by atoms with E-state index >= 15 is 0 Å². The summed E-state index contributed by atoms with van der Waals surface area (Å²) in [5.41, 5.74) is 3.64. The second-order valence-corrected chi connectivity index (χ2v) is 5.17. The van der Waals surface area contributed by atoms with E-state index in [1.54, 1.807) is 25.3 Å². The van der Waals surface area contributed by atoms with Gasteiger partial charge in [-0.25, -0.2) is 0 Å². The molecule has 21 heavy (non-hydrogen) atoms. The van der Waals surface area contributed by atoms with Gasteiger partial charge < -0.3 is 9.64 Å². The van der Waals surface area contributed by atoms with Gasteiger partial charge in [-0.2, -0.15) is 5.10 Å². The summed E-state index contributed by atoms with van der Waals surface area (Å²) in [6.45, 7) is 4.43. The summed E-state index contributed by atoms with van der Waals surface area (Å²) in [4.78, 5) is 14.3. The highest BCUT2D eigenvalue weighted by molar-refractivity contribution is 5.96. The third-order valence-electron chi connectivity index (χ3n) is 3.83. The molecular formula is C16H21N3O2. The summed E-state index contributed by atoms with van der Waals surface area (Å²) in [5.74, 6) is 0.710. The van der Waals surface area contributed by atoms with Crippen molar-refractivity contribution in [2.24, 2.45) is 7.05 Å². The minimum Gasteiger partial charge on any atom is -0.496 e. The predicted molar refractivity (Wildman–Crippen MR) is 81.5 cm³/mol. The molecule has 0 N–H and O–H groups in total. The molecule has 1 aromatic carbocycles. The zero-order chi connectivity index (χ0) is 15.6. The smallest absolute Gasteiger partial charge is 0.254 e. The molecule has 0 atom stereocenters. The summed E-state index contributed by atoms with van der Waals surface area (Å²) in [5, 5.41) is 4.20. The molecule has 5 nitrogen and oxygen atoms in total. The first-order chi connectivity index (χ1) is 9.95. The summed E-state index contributed by atoms with van der Waals surface area (Å²) in [7, 11) is 5.31. The molecule has 0 saturated carbocycles. The monoisotopic (exact) mass is 287 g/mol. The summed E-state index contributed by atoms with van der Waals surface area (Å²) < 4.78 is 7.08. The molecule has 2 rings (SSSR count). The van der Waals surface area contributed by atoms with E-state index in [-0.39, 0.29) is 5.91 Å². The lowest BCUT2D eigenvalue weighted by atomic mass is 10.1. The number of ether oxygens (including phenoxy) is 1. The van der Waals surface area contributed by atoms with Gasteiger partial charge in [0.2, 0.25) is 0 Å². The fourth-order valence-electron chi connectivity index (χ4n) is 2.30. The Morgan fingerprint density at radius 2 is 2.10 bits per heavy atom. The minimum absolute atomic E-state index is 0.0188. The molecule has 0 aliphatic heterocycles. The number of aromatic nitrogens is 2. The predicted octanol–water partition coefficient (Wildman–Crippen LogP) is 2.32. The highest BCUT2D eigenvalue weighted by Gasteiger charge is 2.17. The number of hydrogen-bond donors (Lipinski definition) is 0. The topological polar surface area (TPSA) is 47.4 Å². The van der Waals surface area contributed by atoms with Gasteiger partial charge >= 0.3 is 0 Å². The van der Waals surface area contributed by atoms with Crippen molar-refractivity contribution in [2.75, 3.05) is 14.2 Å². The first-order valence-corrected chi connectivity index (χ1v) is 6.82. The molecule has 0 aliphatic rings. The zero-order valence-electron chi connectivity index (χ0n) is 13.2. The van der Waals surface area contributed by atoms with Crippen molar-refractivity contribution in [1.29, 1.82) is 0 Å². The number of carbonyl (C=O) groups excluding carboxylic acids is 1. The summed E-state index contributed by atoms with van der Waals surface area (Å²) in [6, 6.07) is 5.52. The van der Waals surface area contributed by atoms with Gasteiger partial charge in [0.05, 0.1) is 13.3 Å². The van der Waals surface area contributed by atoms with Crippen LogP contribution in [-0.4, -0.2) is 34.7 Å². The normalized spacial score (nSPS) is 10.5. The van der Waals surface area contributed by atoms with Crippen molar-refractivity contribution in [3.05, 3.63) is 46.8 Å². The van der Waals surface area contributed by atoms with Crippen LogP contribution < -0.4 is 4.74 Å². The maximum atomic E-state index is 12.6. The van der Waals surface area contributed by atoms with Crippen LogP contribution in [-0.2, 0) is 13.6 Å². The van der Waals surface area contributed by atoms with Crippen LogP contribution in [0.5, 0.6) is 5.75 Å². The standard InChI is InChI=1S/C16H21N3O2/c1-11-14(7-6-8-15(11)21-5)16(20)18(3)10-13-9-17-19(4)12(13)2/h6-9H,10H2,1-5H3. The van der Waals surface area contributed by atoms with Crippen LogP contribution in [0.1, 0.15) is 27.2 Å². The molecule has 112 valence electrons. The van der Waals surface area contributed by atoms with Crippen LogP contribution in [0.25, 0.3) is 0 Å². The largest absolute Gasteiger partial charge is 0.496 e. The summed E-state index contributed by atoms with van der Waals surface area (Å²) in [6.07, 6.45) is 1.80. The molecule has 1 amide bonds. The molecule has 0 bridgehead atoms. The van der Waals surface area contributed by atoms with Crippen LogP contribution in [0.3, 0.4) is 0 Å². The Morgan fingerprint density at radius 1 is 1.38 bits per heavy atom. The molecule has 0 aliphatic carbocycles. The van der Waals surface area contributed by atoms with Gasteiger partial charge in [0.1, 0.15) is 5.75 Å². The Kier molecular flexibility index (Phi) is 4.31. The minimum atomic E-state index is -0.0188. The number of rotatable bonds is 4. The van der Waals surface area contributed by atoms with Crippen molar-refractivity contribution in [2.45, 2.75) is 20.4 Å². The Morgan fingerprint density at radius 3 is 2.67 bits per heavy atom. The molecule has 0 radical (unpaired) electrons. The molecule has 1 heterocycles. The van der Waals surface area contributed by atoms with E-state index in [1.165, 1.54) is 0 Å². The van der Waals surface area contributed by atoms with E-state index in [0.29, 0.717) is 12.1 Å². The number of aryl methyl sites for hydroxylation is 1. The molecule has 0 saturated heterocycles. The van der Waals surface area contributed by atoms with E-state index in [0.717, 1.165) is 22.6 Å². The van der Waals surface area contributed by atoms with Crippen LogP contribution >= 0.6 is 0 Å². The maximum Gasteiger partial charge on any atom is 0.254 e. The van der Waals surface area contributed by atoms with Gasteiger partial charge in [0.15, 0.2) is 0 Å². The van der Waals surface area contributed by atoms with Crippen LogP contribution in [0.2, 0.25) is 0 Å². The fourth-order valence-corrected chi connectivity index (χ4v) is 2.30. The van der Waals surface area contributed by atoms with Crippen molar-refractivity contribution in [1.82, 2.24) is 14.7 Å². The number of carbonyl (C=O) groups is 1. The lowest BCUT2D eigenvalue weighted by Gasteiger charge is -2.19. The fraction of sp³-hybridized carbons (Fsp3) is 0.375. The maximum absolute atomic E-state index is 12.6. The highest BCUT2D eigenvalue weighted by Crippen LogP contribution is 2.22. The molecule has 0 unspecified atom stereocenters. The van der Waals surface area contributed by atoms with Gasteiger partial charge in [-0.15, -0.1) is 0 Å². The van der Waals surface area contributed by atoms with Gasteiger partial charge in [0.25, 0.3) is 5.91 Å². The molecule has 5 heteroatoms. The van der Waals surface area contributed by atoms with Gasteiger partial charge in [0, 0.05) is 43.0 Å². The number of methoxy groups -OCH3 is 1. The SMILES string of the molecule is COc1cccc(C(=O)N(C)Cc2cnn(C)c2C)c1C. The first-order valence-electron chi connectivity index (χ1n) is 6.82. The molecular weight excluding hydrogens is 266 g/mol. The molecule has 1 aromatic heterocycles. The molecule has 2 aromatic rings. The van der Waals surface area contributed by atoms with Crippen LogP contribution in [0, 0.1) is 13.8 Å². The van der Waals surface area contributed by atoms with Gasteiger partial charge in [-0.3, -0.25) is 9.48 Å². The van der Waals surface area contributed by atoms with Crippen LogP contribution in [0.15, 0.2) is 24.4 Å². The average Bonchev–Trinajstić information content (AvgIpc) is 2.78. The second kappa shape index (κ2) is 5.99. The first kappa shape index (κ1) is 15.1. The van der Waals surface area contributed by atoms with Crippen molar-refractivity contribution in [3.8, 4) is 5.75 Å². The second-order valence-electron chi connectivity index (χ2n) is 5.17. The third-order valence-corrected chi connectivity index (χ3v) is 3.83. The Hall–Kier alpha value is -2.30. The number of hydrogen-bond acceptors (Lipinski definition) is 3. The average molecular weight is 287 g/mol. The Bertz CT molecular complexity index is 662. The molecule has 0 fully saturated rings. The van der Waals surface area contributed by atoms with E-state index in [9.17, 15) is 4.79 Å². The Labute approximate surface area is 125 Å². The lowest BCUT2D eigenvalue weighted by Crippen LogP contribution is -2.27. The summed E-state index contributed by atoms with van der Waals surface area (Å²) >= 11 is 0. The van der Waals surface area contributed by atoms with E-state index in [4.69, 9.17) is 4.74 Å².